The molecule has 18 heavy (non-hydrogen) atoms. The molecule has 2 rings (SSSR count). The van der Waals surface area contributed by atoms with E-state index in [4.69, 9.17) is 0 Å². The van der Waals surface area contributed by atoms with Gasteiger partial charge in [-0.1, -0.05) is 12.1 Å². The Morgan fingerprint density at radius 3 is 1.94 bits per heavy atom. The van der Waals surface area contributed by atoms with Crippen molar-refractivity contribution in [1.29, 1.82) is 0 Å². The quantitative estimate of drug-likeness (QED) is 0.455. The van der Waals surface area contributed by atoms with Gasteiger partial charge in [-0.3, -0.25) is 4.79 Å². The minimum atomic E-state index is -1.67. The molecule has 0 heterocycles. The van der Waals surface area contributed by atoms with E-state index in [-0.39, 0.29) is 5.56 Å². The molecule has 0 radical (unpaired) electrons. The molecule has 2 aromatic rings. The van der Waals surface area contributed by atoms with Gasteiger partial charge in [0, 0.05) is 5.56 Å². The van der Waals surface area contributed by atoms with E-state index in [1.807, 2.05) is 0 Å². The molecule has 0 bridgehead atoms. The van der Waals surface area contributed by atoms with E-state index in [1.54, 1.807) is 0 Å². The average molecular weight is 254 g/mol. The topological polar surface area (TPSA) is 17.1 Å². The molecule has 0 saturated carbocycles. The number of hydrogen-bond acceptors (Lipinski definition) is 1. The predicted molar refractivity (Wildman–Crippen MR) is 56.1 cm³/mol. The number of halogens is 4. The first-order valence-electron chi connectivity index (χ1n) is 4.94. The van der Waals surface area contributed by atoms with Crippen molar-refractivity contribution in [2.45, 2.75) is 0 Å². The Morgan fingerprint density at radius 2 is 1.39 bits per heavy atom. The third-order valence-corrected chi connectivity index (χ3v) is 2.36. The van der Waals surface area contributed by atoms with Crippen LogP contribution in [0.15, 0.2) is 36.4 Å². The molecule has 92 valence electrons. The van der Waals surface area contributed by atoms with Crippen LogP contribution in [-0.4, -0.2) is 5.78 Å². The van der Waals surface area contributed by atoms with Crippen LogP contribution in [0.5, 0.6) is 0 Å². The lowest BCUT2D eigenvalue weighted by molar-refractivity contribution is 0.103. The monoisotopic (exact) mass is 254 g/mol. The van der Waals surface area contributed by atoms with E-state index in [1.165, 1.54) is 18.2 Å². The summed E-state index contributed by atoms with van der Waals surface area (Å²) < 4.78 is 52.0. The Bertz CT molecular complexity index is 599. The van der Waals surface area contributed by atoms with Gasteiger partial charge >= 0.3 is 0 Å². The van der Waals surface area contributed by atoms with Gasteiger partial charge in [0.15, 0.2) is 23.2 Å². The molecule has 0 N–H and O–H groups in total. The van der Waals surface area contributed by atoms with Crippen molar-refractivity contribution >= 4 is 5.78 Å². The minimum Gasteiger partial charge on any atom is -0.288 e. The lowest BCUT2D eigenvalue weighted by atomic mass is 10.0. The number of rotatable bonds is 2. The maximum atomic E-state index is 13.3. The summed E-state index contributed by atoms with van der Waals surface area (Å²) in [6.45, 7) is 0. The van der Waals surface area contributed by atoms with Crippen LogP contribution in [0.1, 0.15) is 15.9 Å². The highest BCUT2D eigenvalue weighted by Crippen LogP contribution is 2.18. The fourth-order valence-electron chi connectivity index (χ4n) is 1.49. The Labute approximate surface area is 99.7 Å². The minimum absolute atomic E-state index is 0.331. The van der Waals surface area contributed by atoms with E-state index < -0.39 is 34.6 Å². The van der Waals surface area contributed by atoms with Crippen LogP contribution in [0, 0.1) is 23.3 Å². The van der Waals surface area contributed by atoms with Crippen molar-refractivity contribution in [3.05, 3.63) is 70.8 Å². The molecule has 0 saturated heterocycles. The van der Waals surface area contributed by atoms with Gasteiger partial charge in [-0.15, -0.1) is 0 Å². The molecular formula is C13H6F4O. The average Bonchev–Trinajstić information content (AvgIpc) is 2.35. The number of carbonyl (C=O) groups is 1. The zero-order chi connectivity index (χ0) is 13.3. The molecule has 0 atom stereocenters. The Hall–Kier alpha value is -2.17. The van der Waals surface area contributed by atoms with Gasteiger partial charge in [0.2, 0.25) is 0 Å². The zero-order valence-corrected chi connectivity index (χ0v) is 8.88. The second-order valence-corrected chi connectivity index (χ2v) is 3.56. The lowest BCUT2D eigenvalue weighted by Gasteiger charge is -2.04. The van der Waals surface area contributed by atoms with Gasteiger partial charge in [0.1, 0.15) is 5.82 Å². The highest BCUT2D eigenvalue weighted by Gasteiger charge is 2.18. The maximum absolute atomic E-state index is 13.3. The van der Waals surface area contributed by atoms with Crippen molar-refractivity contribution in [1.82, 2.24) is 0 Å². The fraction of sp³-hybridized carbons (Fsp3) is 0. The summed E-state index contributed by atoms with van der Waals surface area (Å²) >= 11 is 0. The number of benzene rings is 2. The van der Waals surface area contributed by atoms with Crippen molar-refractivity contribution in [2.24, 2.45) is 0 Å². The van der Waals surface area contributed by atoms with Crippen LogP contribution >= 0.6 is 0 Å². The van der Waals surface area contributed by atoms with Crippen molar-refractivity contribution in [3.8, 4) is 0 Å². The molecule has 2 aromatic carbocycles. The number of ketones is 1. The van der Waals surface area contributed by atoms with Gasteiger partial charge in [0.25, 0.3) is 0 Å². The van der Waals surface area contributed by atoms with Crippen LogP contribution in [-0.2, 0) is 0 Å². The van der Waals surface area contributed by atoms with Gasteiger partial charge in [-0.2, -0.15) is 0 Å². The van der Waals surface area contributed by atoms with Crippen molar-refractivity contribution in [3.63, 3.8) is 0 Å². The van der Waals surface area contributed by atoms with Gasteiger partial charge < -0.3 is 0 Å². The highest BCUT2D eigenvalue weighted by atomic mass is 19.2. The molecule has 0 aliphatic rings. The summed E-state index contributed by atoms with van der Waals surface area (Å²) in [6, 6.07) is 6.07. The first-order chi connectivity index (χ1) is 8.50. The Balaban J connectivity index is 2.51. The first-order valence-corrected chi connectivity index (χ1v) is 4.94. The van der Waals surface area contributed by atoms with E-state index in [2.05, 4.69) is 0 Å². The molecule has 0 spiro atoms. The Kier molecular flexibility index (Phi) is 3.14. The molecule has 0 aliphatic carbocycles. The highest BCUT2D eigenvalue weighted by molar-refractivity contribution is 6.09. The zero-order valence-electron chi connectivity index (χ0n) is 8.88. The summed E-state index contributed by atoms with van der Waals surface area (Å²) in [5.41, 5.74) is -0.778. The molecule has 0 aromatic heterocycles. The van der Waals surface area contributed by atoms with Crippen molar-refractivity contribution < 1.29 is 22.4 Å². The summed E-state index contributed by atoms with van der Waals surface area (Å²) in [4.78, 5) is 11.8. The smallest absolute Gasteiger partial charge is 0.196 e. The lowest BCUT2D eigenvalue weighted by Crippen LogP contribution is -2.06. The molecule has 0 amide bonds. The van der Waals surface area contributed by atoms with Crippen LogP contribution in [0.3, 0.4) is 0 Å². The summed E-state index contributed by atoms with van der Waals surface area (Å²) in [5, 5.41) is 0. The number of hydrogen-bond donors (Lipinski definition) is 0. The second-order valence-electron chi connectivity index (χ2n) is 3.56. The number of carbonyl (C=O) groups excluding carboxylic acids is 1. The van der Waals surface area contributed by atoms with Gasteiger partial charge in [-0.05, 0) is 24.3 Å². The van der Waals surface area contributed by atoms with Crippen LogP contribution in [0.4, 0.5) is 17.6 Å². The Morgan fingerprint density at radius 1 is 0.833 bits per heavy atom. The van der Waals surface area contributed by atoms with Crippen LogP contribution in [0.25, 0.3) is 0 Å². The second kappa shape index (κ2) is 4.60. The van der Waals surface area contributed by atoms with Gasteiger partial charge in [0.05, 0.1) is 5.56 Å². The summed E-state index contributed by atoms with van der Waals surface area (Å²) in [6.07, 6.45) is 0. The third kappa shape index (κ3) is 2.11. The maximum Gasteiger partial charge on any atom is 0.196 e. The standard InChI is InChI=1S/C13H6F4O/c14-9-4-2-1-3-8(9)13(18)7-5-10(15)12(17)11(16)6-7/h1-6H. The van der Waals surface area contributed by atoms with Gasteiger partial charge in [-0.25, -0.2) is 17.6 Å². The van der Waals surface area contributed by atoms with E-state index in [9.17, 15) is 22.4 Å². The first kappa shape index (κ1) is 12.3. The molecular weight excluding hydrogens is 248 g/mol. The van der Waals surface area contributed by atoms with E-state index in [0.717, 1.165) is 6.07 Å². The third-order valence-electron chi connectivity index (χ3n) is 2.36. The van der Waals surface area contributed by atoms with Crippen LogP contribution in [0.2, 0.25) is 0 Å². The molecule has 0 fully saturated rings. The fourth-order valence-corrected chi connectivity index (χ4v) is 1.49. The molecule has 1 nitrogen and oxygen atoms in total. The summed E-state index contributed by atoms with van der Waals surface area (Å²) in [5.74, 6) is -6.37. The van der Waals surface area contributed by atoms with Crippen molar-refractivity contribution in [2.75, 3.05) is 0 Å². The van der Waals surface area contributed by atoms with E-state index >= 15 is 0 Å². The SMILES string of the molecule is O=C(c1cc(F)c(F)c(F)c1)c1ccccc1F. The van der Waals surface area contributed by atoms with E-state index in [0.29, 0.717) is 12.1 Å². The molecule has 5 heteroatoms. The molecule has 0 unspecified atom stereocenters. The predicted octanol–water partition coefficient (Wildman–Crippen LogP) is 3.47. The summed E-state index contributed by atoms with van der Waals surface area (Å²) in [7, 11) is 0. The van der Waals surface area contributed by atoms with Crippen LogP contribution < -0.4 is 0 Å². The largest absolute Gasteiger partial charge is 0.288 e. The molecule has 0 aliphatic heterocycles. The normalized spacial score (nSPS) is 10.4.